The summed E-state index contributed by atoms with van der Waals surface area (Å²) in [5, 5.41) is 2.94. The zero-order valence-corrected chi connectivity index (χ0v) is 12.9. The molecule has 0 aromatic heterocycles. The molecule has 1 aliphatic rings. The Bertz CT molecular complexity index is 486. The molecule has 0 heterocycles. The van der Waals surface area contributed by atoms with Crippen LogP contribution in [0.25, 0.3) is 0 Å². The molecule has 0 aliphatic heterocycles. The van der Waals surface area contributed by atoms with Crippen molar-refractivity contribution in [3.63, 3.8) is 0 Å². The van der Waals surface area contributed by atoms with E-state index >= 15 is 0 Å². The Hall–Kier alpha value is -1.59. The second kappa shape index (κ2) is 7.43. The van der Waals surface area contributed by atoms with Crippen LogP contribution in [0.1, 0.15) is 24.8 Å². The molecule has 1 aromatic carbocycles. The molecule has 1 aliphatic carbocycles. The number of nitrogen functional groups attached to an aromatic ring is 1. The van der Waals surface area contributed by atoms with E-state index in [4.69, 9.17) is 10.5 Å². The Labute approximate surface area is 126 Å². The van der Waals surface area contributed by atoms with Crippen LogP contribution in [0.5, 0.6) is 0 Å². The third kappa shape index (κ3) is 5.02. The van der Waals surface area contributed by atoms with Crippen LogP contribution < -0.4 is 11.1 Å². The van der Waals surface area contributed by atoms with Gasteiger partial charge < -0.3 is 15.8 Å². The lowest BCUT2D eigenvalue weighted by molar-refractivity contribution is -0.116. The van der Waals surface area contributed by atoms with Gasteiger partial charge in [-0.05, 0) is 37.5 Å². The Kier molecular flexibility index (Phi) is 5.59. The number of methoxy groups -OCH3 is 1. The van der Waals surface area contributed by atoms with Gasteiger partial charge in [0.05, 0.1) is 6.61 Å². The average Bonchev–Trinajstić information content (AvgIpc) is 3.27. The molecule has 1 saturated carbocycles. The number of aryl methyl sites for hydroxylation is 1. The minimum absolute atomic E-state index is 0.0340. The predicted molar refractivity (Wildman–Crippen MR) is 85.3 cm³/mol. The van der Waals surface area contributed by atoms with Crippen LogP contribution in [-0.4, -0.2) is 43.7 Å². The number of ether oxygens (including phenoxy) is 1. The summed E-state index contributed by atoms with van der Waals surface area (Å²) < 4.78 is 5.13. The summed E-state index contributed by atoms with van der Waals surface area (Å²) in [6.07, 6.45) is 2.97. The predicted octanol–water partition coefficient (Wildman–Crippen LogP) is 2.02. The van der Waals surface area contributed by atoms with Crippen molar-refractivity contribution < 1.29 is 9.53 Å². The first kappa shape index (κ1) is 15.8. The van der Waals surface area contributed by atoms with E-state index in [9.17, 15) is 4.79 Å². The fraction of sp³-hybridized carbons (Fsp3) is 0.562. The summed E-state index contributed by atoms with van der Waals surface area (Å²) in [5.41, 5.74) is 8.24. The number of carbonyl (C=O) groups is 1. The molecule has 5 nitrogen and oxygen atoms in total. The van der Waals surface area contributed by atoms with E-state index in [1.807, 2.05) is 19.1 Å². The maximum atomic E-state index is 12.1. The second-order valence-corrected chi connectivity index (χ2v) is 5.63. The fourth-order valence-corrected chi connectivity index (χ4v) is 2.36. The molecule has 0 unspecified atom stereocenters. The van der Waals surface area contributed by atoms with Gasteiger partial charge in [0.15, 0.2) is 0 Å². The number of amides is 1. The molecule has 5 heteroatoms. The first-order chi connectivity index (χ1) is 10.1. The van der Waals surface area contributed by atoms with Crippen LogP contribution in [0.15, 0.2) is 18.2 Å². The van der Waals surface area contributed by atoms with Crippen molar-refractivity contribution in [3.8, 4) is 0 Å². The van der Waals surface area contributed by atoms with Gasteiger partial charge in [0, 0.05) is 44.0 Å². The van der Waals surface area contributed by atoms with Crippen LogP contribution in [0.3, 0.4) is 0 Å². The summed E-state index contributed by atoms with van der Waals surface area (Å²) >= 11 is 0. The molecule has 0 saturated heterocycles. The van der Waals surface area contributed by atoms with Gasteiger partial charge in [-0.15, -0.1) is 0 Å². The van der Waals surface area contributed by atoms with Gasteiger partial charge in [-0.25, -0.2) is 0 Å². The molecular weight excluding hydrogens is 266 g/mol. The Morgan fingerprint density at radius 1 is 1.43 bits per heavy atom. The first-order valence-corrected chi connectivity index (χ1v) is 7.49. The van der Waals surface area contributed by atoms with Gasteiger partial charge in [-0.2, -0.15) is 0 Å². The van der Waals surface area contributed by atoms with Crippen molar-refractivity contribution in [2.45, 2.75) is 32.2 Å². The highest BCUT2D eigenvalue weighted by Gasteiger charge is 2.28. The Morgan fingerprint density at radius 2 is 2.19 bits per heavy atom. The SMILES string of the molecule is COCCN(CCC(=O)Nc1cc(N)ccc1C)C1CC1. The number of hydrogen-bond acceptors (Lipinski definition) is 4. The van der Waals surface area contributed by atoms with Crippen molar-refractivity contribution in [2.24, 2.45) is 0 Å². The second-order valence-electron chi connectivity index (χ2n) is 5.63. The van der Waals surface area contributed by atoms with Crippen molar-refractivity contribution in [2.75, 3.05) is 37.9 Å². The molecular formula is C16H25N3O2. The molecule has 21 heavy (non-hydrogen) atoms. The van der Waals surface area contributed by atoms with E-state index in [1.54, 1.807) is 13.2 Å². The maximum absolute atomic E-state index is 12.1. The molecule has 1 amide bonds. The van der Waals surface area contributed by atoms with Crippen molar-refractivity contribution in [1.29, 1.82) is 0 Å². The maximum Gasteiger partial charge on any atom is 0.225 e. The highest BCUT2D eigenvalue weighted by Crippen LogP contribution is 2.26. The monoisotopic (exact) mass is 291 g/mol. The molecule has 0 bridgehead atoms. The molecule has 3 N–H and O–H groups in total. The van der Waals surface area contributed by atoms with Crippen LogP contribution in [0, 0.1) is 6.92 Å². The summed E-state index contributed by atoms with van der Waals surface area (Å²) in [5.74, 6) is 0.0340. The third-order valence-electron chi connectivity index (χ3n) is 3.81. The number of anilines is 2. The van der Waals surface area contributed by atoms with Crippen LogP contribution in [0.4, 0.5) is 11.4 Å². The van der Waals surface area contributed by atoms with Gasteiger partial charge in [0.2, 0.25) is 5.91 Å². The Morgan fingerprint density at radius 3 is 2.86 bits per heavy atom. The average molecular weight is 291 g/mol. The van der Waals surface area contributed by atoms with E-state index in [0.29, 0.717) is 24.8 Å². The lowest BCUT2D eigenvalue weighted by Gasteiger charge is -2.21. The van der Waals surface area contributed by atoms with Gasteiger partial charge in [-0.1, -0.05) is 6.07 Å². The quantitative estimate of drug-likeness (QED) is 0.719. The topological polar surface area (TPSA) is 67.6 Å². The first-order valence-electron chi connectivity index (χ1n) is 7.49. The normalized spacial score (nSPS) is 14.4. The molecule has 0 spiro atoms. The molecule has 1 fully saturated rings. The standard InChI is InChI=1S/C16H25N3O2/c1-12-3-4-13(17)11-15(12)18-16(20)7-8-19(9-10-21-2)14-5-6-14/h3-4,11,14H,5-10,17H2,1-2H3,(H,18,20). The summed E-state index contributed by atoms with van der Waals surface area (Å²) in [7, 11) is 1.71. The van der Waals surface area contributed by atoms with Crippen LogP contribution in [0.2, 0.25) is 0 Å². The number of nitrogens with two attached hydrogens (primary N) is 1. The number of carbonyl (C=O) groups excluding carboxylic acids is 1. The lowest BCUT2D eigenvalue weighted by Crippen LogP contribution is -2.32. The number of benzene rings is 1. The number of rotatable bonds is 8. The van der Waals surface area contributed by atoms with E-state index in [2.05, 4.69) is 10.2 Å². The van der Waals surface area contributed by atoms with Crippen LogP contribution in [-0.2, 0) is 9.53 Å². The summed E-state index contributed by atoms with van der Waals surface area (Å²) in [6, 6.07) is 6.20. The van der Waals surface area contributed by atoms with E-state index in [-0.39, 0.29) is 5.91 Å². The smallest absolute Gasteiger partial charge is 0.225 e. The van der Waals surface area contributed by atoms with E-state index in [1.165, 1.54) is 12.8 Å². The van der Waals surface area contributed by atoms with Gasteiger partial charge in [0.25, 0.3) is 0 Å². The summed E-state index contributed by atoms with van der Waals surface area (Å²) in [4.78, 5) is 14.4. The Balaban J connectivity index is 1.82. The third-order valence-corrected chi connectivity index (χ3v) is 3.81. The largest absolute Gasteiger partial charge is 0.399 e. The molecule has 0 atom stereocenters. The number of hydrogen-bond donors (Lipinski definition) is 2. The van der Waals surface area contributed by atoms with Gasteiger partial charge >= 0.3 is 0 Å². The molecule has 1 aromatic rings. The van der Waals surface area contributed by atoms with E-state index < -0.39 is 0 Å². The molecule has 2 rings (SSSR count). The lowest BCUT2D eigenvalue weighted by atomic mass is 10.2. The summed E-state index contributed by atoms with van der Waals surface area (Å²) in [6.45, 7) is 4.35. The minimum atomic E-state index is 0.0340. The number of nitrogens with one attached hydrogen (secondary N) is 1. The number of nitrogens with zero attached hydrogens (tertiary/aromatic N) is 1. The zero-order chi connectivity index (χ0) is 15.2. The van der Waals surface area contributed by atoms with Crippen LogP contribution >= 0.6 is 0 Å². The van der Waals surface area contributed by atoms with Crippen molar-refractivity contribution in [1.82, 2.24) is 4.90 Å². The molecule has 0 radical (unpaired) electrons. The van der Waals surface area contributed by atoms with Gasteiger partial charge in [-0.3, -0.25) is 9.69 Å². The van der Waals surface area contributed by atoms with E-state index in [0.717, 1.165) is 24.3 Å². The van der Waals surface area contributed by atoms with Crippen molar-refractivity contribution >= 4 is 17.3 Å². The highest BCUT2D eigenvalue weighted by atomic mass is 16.5. The highest BCUT2D eigenvalue weighted by molar-refractivity contribution is 5.92. The fourth-order valence-electron chi connectivity index (χ4n) is 2.36. The molecule has 116 valence electrons. The minimum Gasteiger partial charge on any atom is -0.399 e. The zero-order valence-electron chi connectivity index (χ0n) is 12.9. The van der Waals surface area contributed by atoms with Crippen molar-refractivity contribution in [3.05, 3.63) is 23.8 Å². The van der Waals surface area contributed by atoms with Gasteiger partial charge in [0.1, 0.15) is 0 Å².